The van der Waals surface area contributed by atoms with Crippen molar-refractivity contribution in [3.8, 4) is 0 Å². The molecule has 0 bridgehead atoms. The van der Waals surface area contributed by atoms with Crippen molar-refractivity contribution in [1.82, 2.24) is 24.8 Å². The minimum Gasteiger partial charge on any atom is -0.307 e. The molecule has 0 saturated carbocycles. The van der Waals surface area contributed by atoms with Crippen LogP contribution in [0, 0.1) is 0 Å². The van der Waals surface area contributed by atoms with Gasteiger partial charge in [0.05, 0.1) is 12.1 Å². The van der Waals surface area contributed by atoms with Crippen LogP contribution in [0.1, 0.15) is 50.5 Å². The van der Waals surface area contributed by atoms with Gasteiger partial charge in [-0.15, -0.1) is 0 Å². The summed E-state index contributed by atoms with van der Waals surface area (Å²) in [7, 11) is 0. The van der Waals surface area contributed by atoms with E-state index >= 15 is 0 Å². The first-order chi connectivity index (χ1) is 10.9. The van der Waals surface area contributed by atoms with Crippen LogP contribution < -0.4 is 5.32 Å². The van der Waals surface area contributed by atoms with Gasteiger partial charge in [0.1, 0.15) is 11.3 Å². The van der Waals surface area contributed by atoms with E-state index in [2.05, 4.69) is 32.8 Å². The summed E-state index contributed by atoms with van der Waals surface area (Å²) in [6.07, 6.45) is 6.86. The van der Waals surface area contributed by atoms with Crippen LogP contribution in [0.25, 0.3) is 11.2 Å². The SMILES string of the molecule is CCN1CCC(n2c(C3CCCCN3)nc3cccnc32)C1. The lowest BCUT2D eigenvalue weighted by Gasteiger charge is -2.26. The third kappa shape index (κ3) is 2.42. The van der Waals surface area contributed by atoms with Crippen molar-refractivity contribution in [3.63, 3.8) is 0 Å². The van der Waals surface area contributed by atoms with Gasteiger partial charge in [0.2, 0.25) is 0 Å². The van der Waals surface area contributed by atoms with Gasteiger partial charge in [0.25, 0.3) is 0 Å². The second-order valence-electron chi connectivity index (χ2n) is 6.52. The van der Waals surface area contributed by atoms with Crippen LogP contribution in [0.5, 0.6) is 0 Å². The van der Waals surface area contributed by atoms with Gasteiger partial charge >= 0.3 is 0 Å². The van der Waals surface area contributed by atoms with Crippen molar-refractivity contribution in [3.05, 3.63) is 24.2 Å². The van der Waals surface area contributed by atoms with Crippen LogP contribution in [0.15, 0.2) is 18.3 Å². The molecule has 0 radical (unpaired) electrons. The molecule has 2 saturated heterocycles. The molecule has 2 aliphatic rings. The molecule has 0 aromatic carbocycles. The standard InChI is InChI=1S/C17H25N5/c1-2-21-11-8-13(12-21)22-16-15(7-5-10-19-16)20-17(22)14-6-3-4-9-18-14/h5,7,10,13-14,18H,2-4,6,8-9,11-12H2,1H3. The molecule has 2 aromatic heterocycles. The minimum absolute atomic E-state index is 0.388. The smallest absolute Gasteiger partial charge is 0.160 e. The van der Waals surface area contributed by atoms with E-state index in [9.17, 15) is 0 Å². The normalized spacial score (nSPS) is 26.8. The van der Waals surface area contributed by atoms with E-state index in [1.807, 2.05) is 12.3 Å². The monoisotopic (exact) mass is 299 g/mol. The molecule has 4 heterocycles. The first-order valence-electron chi connectivity index (χ1n) is 8.65. The van der Waals surface area contributed by atoms with Crippen LogP contribution in [-0.4, -0.2) is 45.6 Å². The zero-order valence-electron chi connectivity index (χ0n) is 13.3. The van der Waals surface area contributed by atoms with Crippen molar-refractivity contribution < 1.29 is 0 Å². The van der Waals surface area contributed by atoms with Gasteiger partial charge in [0, 0.05) is 19.3 Å². The molecule has 1 N–H and O–H groups in total. The quantitative estimate of drug-likeness (QED) is 0.946. The number of imidazole rings is 1. The average Bonchev–Trinajstić information content (AvgIpc) is 3.19. The van der Waals surface area contributed by atoms with Crippen LogP contribution in [0.3, 0.4) is 0 Å². The maximum absolute atomic E-state index is 4.95. The van der Waals surface area contributed by atoms with Crippen molar-refractivity contribution in [1.29, 1.82) is 0 Å². The van der Waals surface area contributed by atoms with Gasteiger partial charge in [-0.2, -0.15) is 0 Å². The highest BCUT2D eigenvalue weighted by Gasteiger charge is 2.30. The van der Waals surface area contributed by atoms with E-state index in [4.69, 9.17) is 4.98 Å². The molecule has 22 heavy (non-hydrogen) atoms. The molecule has 2 atom stereocenters. The fraction of sp³-hybridized carbons (Fsp3) is 0.647. The van der Waals surface area contributed by atoms with Gasteiger partial charge < -0.3 is 14.8 Å². The molecular weight excluding hydrogens is 274 g/mol. The number of aromatic nitrogens is 3. The summed E-state index contributed by atoms with van der Waals surface area (Å²) in [5.74, 6) is 1.20. The van der Waals surface area contributed by atoms with Crippen LogP contribution in [0.4, 0.5) is 0 Å². The first-order valence-corrected chi connectivity index (χ1v) is 8.65. The number of hydrogen-bond donors (Lipinski definition) is 1. The van der Waals surface area contributed by atoms with E-state index < -0.39 is 0 Å². The topological polar surface area (TPSA) is 46.0 Å². The van der Waals surface area contributed by atoms with Crippen molar-refractivity contribution in [2.45, 2.75) is 44.7 Å². The zero-order valence-corrected chi connectivity index (χ0v) is 13.3. The molecule has 2 aromatic rings. The third-order valence-corrected chi connectivity index (χ3v) is 5.16. The maximum atomic E-state index is 4.95. The summed E-state index contributed by atoms with van der Waals surface area (Å²) in [6, 6.07) is 4.99. The second kappa shape index (κ2) is 5.97. The summed E-state index contributed by atoms with van der Waals surface area (Å²) >= 11 is 0. The number of rotatable bonds is 3. The molecule has 2 unspecified atom stereocenters. The number of nitrogens with zero attached hydrogens (tertiary/aromatic N) is 4. The number of likely N-dealkylation sites (N-methyl/N-ethyl adjacent to an activating group) is 1. The zero-order chi connectivity index (χ0) is 14.9. The Morgan fingerprint density at radius 2 is 2.27 bits per heavy atom. The summed E-state index contributed by atoms with van der Waals surface area (Å²) in [5.41, 5.74) is 2.10. The maximum Gasteiger partial charge on any atom is 0.160 e. The van der Waals surface area contributed by atoms with Crippen molar-refractivity contribution in [2.75, 3.05) is 26.2 Å². The number of fused-ring (bicyclic) bond motifs is 1. The third-order valence-electron chi connectivity index (χ3n) is 5.16. The second-order valence-corrected chi connectivity index (χ2v) is 6.52. The lowest BCUT2D eigenvalue weighted by Crippen LogP contribution is -2.30. The predicted molar refractivity (Wildman–Crippen MR) is 87.9 cm³/mol. The largest absolute Gasteiger partial charge is 0.307 e. The van der Waals surface area contributed by atoms with Crippen LogP contribution >= 0.6 is 0 Å². The molecule has 2 aliphatic heterocycles. The van der Waals surface area contributed by atoms with Crippen molar-refractivity contribution >= 4 is 11.2 Å². The molecule has 0 spiro atoms. The lowest BCUT2D eigenvalue weighted by molar-refractivity contribution is 0.332. The number of pyridine rings is 1. The van der Waals surface area contributed by atoms with Crippen LogP contribution in [0.2, 0.25) is 0 Å². The van der Waals surface area contributed by atoms with Crippen molar-refractivity contribution in [2.24, 2.45) is 0 Å². The Balaban J connectivity index is 1.76. The molecule has 4 rings (SSSR count). The summed E-state index contributed by atoms with van der Waals surface area (Å²) in [4.78, 5) is 12.1. The minimum atomic E-state index is 0.388. The van der Waals surface area contributed by atoms with Gasteiger partial charge in [-0.25, -0.2) is 9.97 Å². The van der Waals surface area contributed by atoms with Gasteiger partial charge in [-0.1, -0.05) is 13.3 Å². The summed E-state index contributed by atoms with van der Waals surface area (Å²) < 4.78 is 2.44. The molecule has 0 aliphatic carbocycles. The van der Waals surface area contributed by atoms with E-state index in [0.717, 1.165) is 30.8 Å². The predicted octanol–water partition coefficient (Wildman–Crippen LogP) is 2.51. The molecule has 2 fully saturated rings. The number of piperidine rings is 1. The summed E-state index contributed by atoms with van der Waals surface area (Å²) in [6.45, 7) is 6.79. The number of nitrogens with one attached hydrogen (secondary N) is 1. The Labute approximate surface area is 131 Å². The van der Waals surface area contributed by atoms with Gasteiger partial charge in [-0.3, -0.25) is 0 Å². The Morgan fingerprint density at radius 3 is 3.05 bits per heavy atom. The highest BCUT2D eigenvalue weighted by atomic mass is 15.2. The highest BCUT2D eigenvalue weighted by Crippen LogP contribution is 2.32. The molecule has 0 amide bonds. The first kappa shape index (κ1) is 14.2. The van der Waals surface area contributed by atoms with Gasteiger partial charge in [0.15, 0.2) is 5.65 Å². The lowest BCUT2D eigenvalue weighted by atomic mass is 10.0. The van der Waals surface area contributed by atoms with E-state index in [1.54, 1.807) is 0 Å². The fourth-order valence-electron chi connectivity index (χ4n) is 3.94. The number of likely N-dealkylation sites (tertiary alicyclic amines) is 1. The Kier molecular flexibility index (Phi) is 3.84. The van der Waals surface area contributed by atoms with E-state index in [0.29, 0.717) is 12.1 Å². The molecular formula is C17H25N5. The molecule has 118 valence electrons. The van der Waals surface area contributed by atoms with Crippen LogP contribution in [-0.2, 0) is 0 Å². The van der Waals surface area contributed by atoms with Gasteiger partial charge in [-0.05, 0) is 44.5 Å². The fourth-order valence-corrected chi connectivity index (χ4v) is 3.94. The average molecular weight is 299 g/mol. The van der Waals surface area contributed by atoms with E-state index in [-0.39, 0.29) is 0 Å². The Morgan fingerprint density at radius 1 is 1.32 bits per heavy atom. The summed E-state index contributed by atoms with van der Waals surface area (Å²) in [5, 5.41) is 3.66. The Bertz CT molecular complexity index is 644. The Hall–Kier alpha value is -1.46. The molecule has 5 heteroatoms. The van der Waals surface area contributed by atoms with E-state index in [1.165, 1.54) is 38.1 Å². The number of hydrogen-bond acceptors (Lipinski definition) is 4. The molecule has 5 nitrogen and oxygen atoms in total. The highest BCUT2D eigenvalue weighted by molar-refractivity contribution is 5.71.